The van der Waals surface area contributed by atoms with E-state index in [0.29, 0.717) is 13.1 Å². The zero-order valence-corrected chi connectivity index (χ0v) is 19.8. The van der Waals surface area contributed by atoms with Crippen molar-refractivity contribution in [3.8, 4) is 5.75 Å². The zero-order chi connectivity index (χ0) is 21.7. The second-order valence-corrected chi connectivity index (χ2v) is 10.5. The van der Waals surface area contributed by atoms with Crippen molar-refractivity contribution < 1.29 is 17.9 Å². The molecule has 0 unspecified atom stereocenters. The van der Waals surface area contributed by atoms with Gasteiger partial charge in [-0.05, 0) is 55.7 Å². The van der Waals surface area contributed by atoms with E-state index in [1.165, 1.54) is 22.5 Å². The van der Waals surface area contributed by atoms with E-state index in [0.717, 1.165) is 29.3 Å². The van der Waals surface area contributed by atoms with Crippen molar-refractivity contribution in [3.63, 3.8) is 0 Å². The van der Waals surface area contributed by atoms with Crippen LogP contribution in [0, 0.1) is 0 Å². The van der Waals surface area contributed by atoms with Crippen LogP contribution >= 0.6 is 27.5 Å². The van der Waals surface area contributed by atoms with Crippen LogP contribution in [0.3, 0.4) is 0 Å². The molecule has 1 N–H and O–H groups in total. The molecule has 1 aliphatic heterocycles. The maximum atomic E-state index is 12.8. The van der Waals surface area contributed by atoms with Crippen LogP contribution in [0.5, 0.6) is 5.75 Å². The van der Waals surface area contributed by atoms with E-state index in [1.54, 1.807) is 0 Å². The van der Waals surface area contributed by atoms with Gasteiger partial charge in [0, 0.05) is 17.6 Å². The van der Waals surface area contributed by atoms with Gasteiger partial charge in [0.2, 0.25) is 10.0 Å². The molecule has 1 aliphatic rings. The van der Waals surface area contributed by atoms with Crippen LogP contribution in [-0.2, 0) is 14.8 Å². The highest BCUT2D eigenvalue weighted by Gasteiger charge is 2.26. The largest absolute Gasteiger partial charge is 0.482 e. The number of nitrogens with one attached hydrogen (secondary N) is 1. The Morgan fingerprint density at radius 3 is 2.60 bits per heavy atom. The molecule has 1 atom stereocenters. The topological polar surface area (TPSA) is 75.7 Å². The van der Waals surface area contributed by atoms with Crippen molar-refractivity contribution in [1.29, 1.82) is 0 Å². The summed E-state index contributed by atoms with van der Waals surface area (Å²) >= 11 is 9.65. The fourth-order valence-electron chi connectivity index (χ4n) is 3.30. The molecule has 162 valence electrons. The number of hydrogen-bond acceptors (Lipinski definition) is 4. The van der Waals surface area contributed by atoms with E-state index in [1.807, 2.05) is 31.2 Å². The third-order valence-corrected chi connectivity index (χ3v) is 7.62. The summed E-state index contributed by atoms with van der Waals surface area (Å²) in [6.45, 7) is 2.70. The number of halogens is 2. The molecule has 1 amide bonds. The molecular weight excluding hydrogens is 492 g/mol. The summed E-state index contributed by atoms with van der Waals surface area (Å²) in [6.07, 6.45) is 2.77. The Morgan fingerprint density at radius 2 is 1.93 bits per heavy atom. The molecule has 0 aromatic heterocycles. The number of rotatable bonds is 7. The maximum Gasteiger partial charge on any atom is 0.258 e. The fraction of sp³-hybridized carbons (Fsp3) is 0.381. The summed E-state index contributed by atoms with van der Waals surface area (Å²) in [4.78, 5) is 12.4. The van der Waals surface area contributed by atoms with Gasteiger partial charge >= 0.3 is 0 Å². The highest BCUT2D eigenvalue weighted by Crippen LogP contribution is 2.29. The van der Waals surface area contributed by atoms with Gasteiger partial charge < -0.3 is 10.1 Å². The number of hydrogen-bond donors (Lipinski definition) is 1. The van der Waals surface area contributed by atoms with Crippen LogP contribution in [-0.4, -0.2) is 38.3 Å². The summed E-state index contributed by atoms with van der Waals surface area (Å²) in [5, 5.41) is 3.01. The van der Waals surface area contributed by atoms with Gasteiger partial charge in [-0.15, -0.1) is 0 Å². The number of sulfonamides is 1. The average Bonchev–Trinajstić information content (AvgIpc) is 2.73. The number of piperidine rings is 1. The van der Waals surface area contributed by atoms with Gasteiger partial charge in [0.05, 0.1) is 16.0 Å². The minimum absolute atomic E-state index is 0.134. The first-order valence-electron chi connectivity index (χ1n) is 9.75. The summed E-state index contributed by atoms with van der Waals surface area (Å²) in [5.74, 6) is -0.0388. The molecule has 1 fully saturated rings. The molecule has 1 saturated heterocycles. The Balaban J connectivity index is 1.60. The van der Waals surface area contributed by atoms with E-state index >= 15 is 0 Å². The predicted octanol–water partition coefficient (Wildman–Crippen LogP) is 4.53. The van der Waals surface area contributed by atoms with Gasteiger partial charge in [0.25, 0.3) is 5.91 Å². The Kier molecular flexibility index (Phi) is 7.79. The molecule has 0 radical (unpaired) electrons. The molecule has 3 rings (SSSR count). The third-order valence-electron chi connectivity index (χ3n) is 4.94. The normalized spacial score (nSPS) is 16.1. The molecule has 0 saturated carbocycles. The predicted molar refractivity (Wildman–Crippen MR) is 120 cm³/mol. The first-order chi connectivity index (χ1) is 14.3. The first kappa shape index (κ1) is 23.1. The lowest BCUT2D eigenvalue weighted by molar-refractivity contribution is -0.123. The van der Waals surface area contributed by atoms with Gasteiger partial charge in [-0.1, -0.05) is 46.1 Å². The summed E-state index contributed by atoms with van der Waals surface area (Å²) in [7, 11) is -3.57. The molecule has 0 aliphatic carbocycles. The van der Waals surface area contributed by atoms with Crippen molar-refractivity contribution in [1.82, 2.24) is 9.62 Å². The summed E-state index contributed by atoms with van der Waals surface area (Å²) in [5.41, 5.74) is 0.961. The fourth-order valence-corrected chi connectivity index (χ4v) is 5.56. The zero-order valence-electron chi connectivity index (χ0n) is 16.6. The van der Waals surface area contributed by atoms with Gasteiger partial charge in [-0.3, -0.25) is 4.79 Å². The van der Waals surface area contributed by atoms with Crippen LogP contribution in [0.15, 0.2) is 51.8 Å². The van der Waals surface area contributed by atoms with E-state index in [9.17, 15) is 13.2 Å². The van der Waals surface area contributed by atoms with E-state index in [2.05, 4.69) is 21.2 Å². The van der Waals surface area contributed by atoms with E-state index in [4.69, 9.17) is 16.3 Å². The molecule has 30 heavy (non-hydrogen) atoms. The number of carbonyl (C=O) groups excluding carboxylic acids is 1. The van der Waals surface area contributed by atoms with Crippen LogP contribution < -0.4 is 10.1 Å². The Morgan fingerprint density at radius 1 is 1.20 bits per heavy atom. The molecule has 2 aromatic rings. The number of benzene rings is 2. The van der Waals surface area contributed by atoms with Crippen LogP contribution in [0.2, 0.25) is 5.02 Å². The Labute approximate surface area is 190 Å². The third kappa shape index (κ3) is 5.75. The van der Waals surface area contributed by atoms with Crippen molar-refractivity contribution in [2.45, 2.75) is 37.1 Å². The van der Waals surface area contributed by atoms with Gasteiger partial charge in [0.15, 0.2) is 6.61 Å². The second-order valence-electron chi connectivity index (χ2n) is 7.19. The van der Waals surface area contributed by atoms with E-state index in [-0.39, 0.29) is 34.2 Å². The quantitative estimate of drug-likeness (QED) is 0.588. The van der Waals surface area contributed by atoms with Crippen LogP contribution in [0.25, 0.3) is 0 Å². The standard InChI is InChI=1S/C21H24BrClN2O4S/c1-15(16-6-5-7-17(22)12-16)24-21(26)14-29-20-9-8-18(13-19(20)23)30(27,28)25-10-3-2-4-11-25/h5-9,12-13,15H,2-4,10-11,14H2,1H3,(H,24,26)/t15-/m1/s1. The lowest BCUT2D eigenvalue weighted by Gasteiger charge is -2.26. The lowest BCUT2D eigenvalue weighted by atomic mass is 10.1. The van der Waals surface area contributed by atoms with E-state index < -0.39 is 10.0 Å². The van der Waals surface area contributed by atoms with Crippen LogP contribution in [0.4, 0.5) is 0 Å². The smallest absolute Gasteiger partial charge is 0.258 e. The maximum absolute atomic E-state index is 12.8. The highest BCUT2D eigenvalue weighted by molar-refractivity contribution is 9.10. The van der Waals surface area contributed by atoms with Crippen molar-refractivity contribution in [3.05, 3.63) is 57.5 Å². The average molecular weight is 516 g/mol. The number of ether oxygens (including phenoxy) is 1. The SMILES string of the molecule is C[C@@H](NC(=O)COc1ccc(S(=O)(=O)N2CCCCC2)cc1Cl)c1cccc(Br)c1. The minimum atomic E-state index is -3.57. The molecule has 0 spiro atoms. The van der Waals surface area contributed by atoms with Gasteiger partial charge in [0.1, 0.15) is 5.75 Å². The summed E-state index contributed by atoms with van der Waals surface area (Å²) < 4.78 is 33.4. The van der Waals surface area contributed by atoms with Crippen molar-refractivity contribution in [2.75, 3.05) is 19.7 Å². The van der Waals surface area contributed by atoms with Crippen molar-refractivity contribution in [2.24, 2.45) is 0 Å². The monoisotopic (exact) mass is 514 g/mol. The molecule has 6 nitrogen and oxygen atoms in total. The second kappa shape index (κ2) is 10.1. The Hall–Kier alpha value is -1.61. The number of carbonyl (C=O) groups is 1. The number of amides is 1. The molecule has 2 aromatic carbocycles. The number of nitrogens with zero attached hydrogens (tertiary/aromatic N) is 1. The Bertz CT molecular complexity index is 1010. The molecule has 1 heterocycles. The summed E-state index contributed by atoms with van der Waals surface area (Å²) in [6, 6.07) is 11.8. The molecular formula is C21H24BrClN2O4S. The van der Waals surface area contributed by atoms with Crippen molar-refractivity contribution >= 4 is 43.5 Å². The minimum Gasteiger partial charge on any atom is -0.482 e. The highest BCUT2D eigenvalue weighted by atomic mass is 79.9. The lowest BCUT2D eigenvalue weighted by Crippen LogP contribution is -2.35. The van der Waals surface area contributed by atoms with Gasteiger partial charge in [-0.25, -0.2) is 8.42 Å². The first-order valence-corrected chi connectivity index (χ1v) is 12.4. The molecule has 9 heteroatoms. The molecule has 0 bridgehead atoms. The van der Waals surface area contributed by atoms with Crippen LogP contribution in [0.1, 0.15) is 37.8 Å². The van der Waals surface area contributed by atoms with Gasteiger partial charge in [-0.2, -0.15) is 4.31 Å².